The Morgan fingerprint density at radius 2 is 1.91 bits per heavy atom. The fraction of sp³-hybridized carbons (Fsp3) is 0.588. The molecule has 1 saturated carbocycles. The molecule has 1 aromatic rings. The van der Waals surface area contributed by atoms with Crippen molar-refractivity contribution in [2.45, 2.75) is 31.3 Å². The van der Waals surface area contributed by atoms with Gasteiger partial charge in [-0.05, 0) is 31.4 Å². The Bertz CT molecular complexity index is 600. The van der Waals surface area contributed by atoms with Crippen molar-refractivity contribution in [1.29, 1.82) is 0 Å². The second kappa shape index (κ2) is 6.21. The van der Waals surface area contributed by atoms with Gasteiger partial charge in [0.1, 0.15) is 6.04 Å². The van der Waals surface area contributed by atoms with Gasteiger partial charge >= 0.3 is 0 Å². The molecule has 0 unspecified atom stereocenters. The number of carbonyl (C=O) groups excluding carboxylic acids is 1. The van der Waals surface area contributed by atoms with Gasteiger partial charge in [0.15, 0.2) is 0 Å². The molecule has 6 heteroatoms. The van der Waals surface area contributed by atoms with Crippen molar-refractivity contribution in [3.05, 3.63) is 23.2 Å². The molecule has 0 spiro atoms. The molecule has 1 aliphatic carbocycles. The van der Waals surface area contributed by atoms with Gasteiger partial charge in [-0.15, -0.1) is 0 Å². The SMILES string of the molecule is O=C1[C@@H](Nc2cccc(Cl)c2N2CCOCC2)CCN1C1CC1. The summed E-state index contributed by atoms with van der Waals surface area (Å²) < 4.78 is 5.43. The van der Waals surface area contributed by atoms with E-state index in [0.717, 1.165) is 55.3 Å². The molecule has 1 aromatic carbocycles. The van der Waals surface area contributed by atoms with Crippen LogP contribution in [-0.4, -0.2) is 55.7 Å². The number of halogens is 1. The average molecular weight is 336 g/mol. The van der Waals surface area contributed by atoms with Crippen LogP contribution in [-0.2, 0) is 9.53 Å². The molecule has 2 aliphatic heterocycles. The van der Waals surface area contributed by atoms with Crippen molar-refractivity contribution in [2.75, 3.05) is 43.1 Å². The van der Waals surface area contributed by atoms with Crippen LogP contribution in [0.5, 0.6) is 0 Å². The smallest absolute Gasteiger partial charge is 0.245 e. The molecule has 0 aromatic heterocycles. The van der Waals surface area contributed by atoms with E-state index in [2.05, 4.69) is 10.2 Å². The van der Waals surface area contributed by atoms with E-state index >= 15 is 0 Å². The molecule has 5 nitrogen and oxygen atoms in total. The third kappa shape index (κ3) is 3.00. The van der Waals surface area contributed by atoms with Gasteiger partial charge in [-0.25, -0.2) is 0 Å². The maximum absolute atomic E-state index is 12.6. The summed E-state index contributed by atoms with van der Waals surface area (Å²) in [6, 6.07) is 6.22. The number of benzene rings is 1. The number of para-hydroxylation sites is 1. The fourth-order valence-electron chi connectivity index (χ4n) is 3.51. The van der Waals surface area contributed by atoms with Crippen molar-refractivity contribution >= 4 is 28.9 Å². The molecule has 1 amide bonds. The van der Waals surface area contributed by atoms with Crippen LogP contribution in [0.4, 0.5) is 11.4 Å². The molecule has 124 valence electrons. The highest BCUT2D eigenvalue weighted by molar-refractivity contribution is 6.34. The predicted octanol–water partition coefficient (Wildman–Crippen LogP) is 2.35. The van der Waals surface area contributed by atoms with Crippen LogP contribution in [0.2, 0.25) is 5.02 Å². The molecule has 1 atom stereocenters. The van der Waals surface area contributed by atoms with Gasteiger partial charge in [0, 0.05) is 25.7 Å². The van der Waals surface area contributed by atoms with Crippen LogP contribution < -0.4 is 10.2 Å². The highest BCUT2D eigenvalue weighted by atomic mass is 35.5. The molecule has 3 fully saturated rings. The van der Waals surface area contributed by atoms with Gasteiger partial charge in [0.25, 0.3) is 0 Å². The van der Waals surface area contributed by atoms with Crippen LogP contribution in [0.15, 0.2) is 18.2 Å². The minimum absolute atomic E-state index is 0.131. The number of carbonyl (C=O) groups is 1. The number of hydrogen-bond acceptors (Lipinski definition) is 4. The standard InChI is InChI=1S/C17H22ClN3O2/c18-13-2-1-3-14(16(13)20-8-10-23-11-9-20)19-15-6-7-21(17(15)22)12-4-5-12/h1-3,12,15,19H,4-11H2/t15-/m0/s1. The number of nitrogens with zero attached hydrogens (tertiary/aromatic N) is 2. The average Bonchev–Trinajstić information content (AvgIpc) is 3.34. The number of morpholine rings is 1. The number of ether oxygens (including phenoxy) is 1. The summed E-state index contributed by atoms with van der Waals surface area (Å²) in [7, 11) is 0. The Kier molecular flexibility index (Phi) is 4.07. The summed E-state index contributed by atoms with van der Waals surface area (Å²) in [6.07, 6.45) is 3.19. The van der Waals surface area contributed by atoms with Crippen molar-refractivity contribution in [3.63, 3.8) is 0 Å². The van der Waals surface area contributed by atoms with Gasteiger partial charge in [-0.2, -0.15) is 0 Å². The van der Waals surface area contributed by atoms with E-state index in [9.17, 15) is 4.79 Å². The zero-order valence-electron chi connectivity index (χ0n) is 13.1. The van der Waals surface area contributed by atoms with Crippen LogP contribution in [0.3, 0.4) is 0 Å². The van der Waals surface area contributed by atoms with Gasteiger partial charge < -0.3 is 19.9 Å². The molecule has 3 aliphatic rings. The third-order valence-corrected chi connectivity index (χ3v) is 5.18. The van der Waals surface area contributed by atoms with Crippen LogP contribution in [0, 0.1) is 0 Å². The van der Waals surface area contributed by atoms with Gasteiger partial charge in [0.2, 0.25) is 5.91 Å². The zero-order chi connectivity index (χ0) is 15.8. The first-order chi connectivity index (χ1) is 11.2. The van der Waals surface area contributed by atoms with Gasteiger partial charge in [-0.3, -0.25) is 4.79 Å². The second-order valence-electron chi connectivity index (χ2n) is 6.48. The third-order valence-electron chi connectivity index (χ3n) is 4.87. The minimum Gasteiger partial charge on any atom is -0.378 e. The Morgan fingerprint density at radius 3 is 2.65 bits per heavy atom. The second-order valence-corrected chi connectivity index (χ2v) is 6.89. The monoisotopic (exact) mass is 335 g/mol. The van der Waals surface area contributed by atoms with Crippen molar-refractivity contribution in [1.82, 2.24) is 4.90 Å². The maximum atomic E-state index is 12.6. The normalized spacial score (nSPS) is 25.1. The lowest BCUT2D eigenvalue weighted by atomic mass is 10.2. The Labute approximate surface area is 141 Å². The molecule has 2 saturated heterocycles. The summed E-state index contributed by atoms with van der Waals surface area (Å²) in [5, 5.41) is 4.18. The summed E-state index contributed by atoms with van der Waals surface area (Å²) in [6.45, 7) is 3.94. The number of nitrogens with one attached hydrogen (secondary N) is 1. The number of likely N-dealkylation sites (tertiary alicyclic amines) is 1. The van der Waals surface area contributed by atoms with Crippen molar-refractivity contribution in [2.24, 2.45) is 0 Å². The molecular formula is C17H22ClN3O2. The number of rotatable bonds is 4. The fourth-order valence-corrected chi connectivity index (χ4v) is 3.81. The number of amides is 1. The van der Waals surface area contributed by atoms with E-state index in [-0.39, 0.29) is 11.9 Å². The lowest BCUT2D eigenvalue weighted by Crippen LogP contribution is -2.38. The summed E-state index contributed by atoms with van der Waals surface area (Å²) in [5.74, 6) is 0.236. The molecular weight excluding hydrogens is 314 g/mol. The minimum atomic E-state index is -0.131. The highest BCUT2D eigenvalue weighted by Crippen LogP contribution is 2.37. The molecule has 2 heterocycles. The van der Waals surface area contributed by atoms with Crippen molar-refractivity contribution < 1.29 is 9.53 Å². The van der Waals surface area contributed by atoms with E-state index < -0.39 is 0 Å². The summed E-state index contributed by atoms with van der Waals surface area (Å²) in [4.78, 5) is 16.8. The highest BCUT2D eigenvalue weighted by Gasteiger charge is 2.40. The topological polar surface area (TPSA) is 44.8 Å². The van der Waals surface area contributed by atoms with Crippen LogP contribution in [0.1, 0.15) is 19.3 Å². The van der Waals surface area contributed by atoms with E-state index in [1.807, 2.05) is 23.1 Å². The summed E-state index contributed by atoms with van der Waals surface area (Å²) in [5.41, 5.74) is 1.95. The maximum Gasteiger partial charge on any atom is 0.245 e. The quantitative estimate of drug-likeness (QED) is 0.917. The van der Waals surface area contributed by atoms with E-state index in [0.29, 0.717) is 19.3 Å². The molecule has 4 rings (SSSR count). The lowest BCUT2D eigenvalue weighted by molar-refractivity contribution is -0.128. The first kappa shape index (κ1) is 15.1. The molecule has 0 bridgehead atoms. The van der Waals surface area contributed by atoms with E-state index in [1.54, 1.807) is 0 Å². The molecule has 0 radical (unpaired) electrons. The van der Waals surface area contributed by atoms with Gasteiger partial charge in [-0.1, -0.05) is 17.7 Å². The Balaban J connectivity index is 1.54. The predicted molar refractivity (Wildman–Crippen MR) is 91.2 cm³/mol. The number of hydrogen-bond donors (Lipinski definition) is 1. The van der Waals surface area contributed by atoms with E-state index in [4.69, 9.17) is 16.3 Å². The van der Waals surface area contributed by atoms with Crippen molar-refractivity contribution in [3.8, 4) is 0 Å². The number of anilines is 2. The first-order valence-electron chi connectivity index (χ1n) is 8.42. The first-order valence-corrected chi connectivity index (χ1v) is 8.80. The van der Waals surface area contributed by atoms with Gasteiger partial charge in [0.05, 0.1) is 29.6 Å². The molecule has 1 N–H and O–H groups in total. The lowest BCUT2D eigenvalue weighted by Gasteiger charge is -2.32. The largest absolute Gasteiger partial charge is 0.378 e. The van der Waals surface area contributed by atoms with Crippen LogP contribution in [0.25, 0.3) is 0 Å². The summed E-state index contributed by atoms with van der Waals surface area (Å²) >= 11 is 6.46. The Morgan fingerprint density at radius 1 is 1.13 bits per heavy atom. The molecule has 23 heavy (non-hydrogen) atoms. The Hall–Kier alpha value is -1.46. The van der Waals surface area contributed by atoms with Crippen LogP contribution >= 0.6 is 11.6 Å². The zero-order valence-corrected chi connectivity index (χ0v) is 13.9. The van der Waals surface area contributed by atoms with E-state index in [1.165, 1.54) is 0 Å².